The fourth-order valence-corrected chi connectivity index (χ4v) is 5.00. The van der Waals surface area contributed by atoms with Gasteiger partial charge in [-0.05, 0) is 63.3 Å². The number of aliphatic hydroxyl groups is 1. The lowest BCUT2D eigenvalue weighted by Crippen LogP contribution is -2.46. The second-order valence-corrected chi connectivity index (χ2v) is 9.77. The van der Waals surface area contributed by atoms with Gasteiger partial charge in [-0.2, -0.15) is 0 Å². The van der Waals surface area contributed by atoms with Crippen molar-refractivity contribution in [3.8, 4) is 11.1 Å². The molecule has 5 rings (SSSR count). The molecule has 0 amide bonds. The second-order valence-electron chi connectivity index (χ2n) is 9.77. The number of nitrogens with zero attached hydrogens (tertiary/aromatic N) is 4. The maximum Gasteiger partial charge on any atom is 0.137 e. The molecule has 3 aromatic rings. The van der Waals surface area contributed by atoms with Gasteiger partial charge >= 0.3 is 0 Å². The van der Waals surface area contributed by atoms with Crippen LogP contribution in [-0.4, -0.2) is 63.3 Å². The van der Waals surface area contributed by atoms with Crippen LogP contribution in [0.1, 0.15) is 45.1 Å². The molecule has 2 N–H and O–H groups in total. The Labute approximate surface area is 195 Å². The average Bonchev–Trinajstić information content (AvgIpc) is 2.85. The van der Waals surface area contributed by atoms with Gasteiger partial charge in [-0.25, -0.2) is 9.97 Å². The Morgan fingerprint density at radius 1 is 1.00 bits per heavy atom. The van der Waals surface area contributed by atoms with E-state index in [1.807, 2.05) is 18.3 Å². The van der Waals surface area contributed by atoms with Crippen molar-refractivity contribution in [3.05, 3.63) is 48.5 Å². The minimum atomic E-state index is -0.935. The molecule has 0 bridgehead atoms. The fourth-order valence-electron chi connectivity index (χ4n) is 5.00. The summed E-state index contributed by atoms with van der Waals surface area (Å²) in [7, 11) is 0. The van der Waals surface area contributed by atoms with Gasteiger partial charge in [0.15, 0.2) is 0 Å². The SMILES string of the molecule is CC(C)(O)c1cncc(-c2ccc3ncnc(NC4CCC(N5CCOCC5)CC4)c3c2)c1. The lowest BCUT2D eigenvalue weighted by atomic mass is 9.90. The molecular formula is C26H33N5O2. The number of ether oxygens (including phenoxy) is 1. The Bertz CT molecular complexity index is 1100. The van der Waals surface area contributed by atoms with E-state index in [9.17, 15) is 5.11 Å². The summed E-state index contributed by atoms with van der Waals surface area (Å²) in [5.74, 6) is 0.892. The standard InChI is InChI=1S/C26H33N5O2/c1-26(2,32)20-13-19(15-27-16-20)18-3-8-24-23(14-18)25(29-17-28-24)30-21-4-6-22(7-5-21)31-9-11-33-12-10-31/h3,8,13-17,21-22,32H,4-7,9-12H2,1-2H3,(H,28,29,30). The van der Waals surface area contributed by atoms with Gasteiger partial charge in [-0.1, -0.05) is 6.07 Å². The summed E-state index contributed by atoms with van der Waals surface area (Å²) in [5.41, 5.74) is 2.78. The van der Waals surface area contributed by atoms with E-state index in [0.717, 1.165) is 72.6 Å². The topological polar surface area (TPSA) is 83.4 Å². The highest BCUT2D eigenvalue weighted by Crippen LogP contribution is 2.31. The molecule has 1 aliphatic heterocycles. The van der Waals surface area contributed by atoms with E-state index in [4.69, 9.17) is 4.74 Å². The average molecular weight is 448 g/mol. The summed E-state index contributed by atoms with van der Waals surface area (Å²) in [5, 5.41) is 15.1. The molecule has 33 heavy (non-hydrogen) atoms. The maximum absolute atomic E-state index is 10.4. The number of pyridine rings is 1. The van der Waals surface area contributed by atoms with E-state index in [1.54, 1.807) is 26.4 Å². The maximum atomic E-state index is 10.4. The van der Waals surface area contributed by atoms with Gasteiger partial charge in [0, 0.05) is 54.1 Å². The molecule has 2 aliphatic rings. The first-order chi connectivity index (χ1) is 16.0. The lowest BCUT2D eigenvalue weighted by Gasteiger charge is -2.39. The van der Waals surface area contributed by atoms with Crippen molar-refractivity contribution in [1.82, 2.24) is 19.9 Å². The summed E-state index contributed by atoms with van der Waals surface area (Å²) < 4.78 is 5.51. The van der Waals surface area contributed by atoms with Crippen molar-refractivity contribution in [3.63, 3.8) is 0 Å². The summed E-state index contributed by atoms with van der Waals surface area (Å²) >= 11 is 0. The van der Waals surface area contributed by atoms with Gasteiger partial charge in [0.25, 0.3) is 0 Å². The molecule has 3 heterocycles. The van der Waals surface area contributed by atoms with Crippen molar-refractivity contribution < 1.29 is 9.84 Å². The zero-order chi connectivity index (χ0) is 22.8. The summed E-state index contributed by atoms with van der Waals surface area (Å²) in [6.45, 7) is 7.40. The Morgan fingerprint density at radius 2 is 1.79 bits per heavy atom. The number of nitrogens with one attached hydrogen (secondary N) is 1. The van der Waals surface area contributed by atoms with Crippen LogP contribution in [0.25, 0.3) is 22.0 Å². The molecule has 1 aromatic carbocycles. The molecule has 1 aliphatic carbocycles. The van der Waals surface area contributed by atoms with Gasteiger partial charge in [0.1, 0.15) is 12.1 Å². The van der Waals surface area contributed by atoms with E-state index >= 15 is 0 Å². The lowest BCUT2D eigenvalue weighted by molar-refractivity contribution is 0.00791. The zero-order valence-electron chi connectivity index (χ0n) is 19.5. The number of hydrogen-bond acceptors (Lipinski definition) is 7. The minimum absolute atomic E-state index is 0.421. The van der Waals surface area contributed by atoms with Crippen molar-refractivity contribution >= 4 is 16.7 Å². The summed E-state index contributed by atoms with van der Waals surface area (Å²) in [6.07, 6.45) is 9.90. The van der Waals surface area contributed by atoms with Crippen LogP contribution >= 0.6 is 0 Å². The number of benzene rings is 1. The molecule has 2 aromatic heterocycles. The van der Waals surface area contributed by atoms with Crippen LogP contribution in [0, 0.1) is 0 Å². The molecule has 7 heteroatoms. The Morgan fingerprint density at radius 3 is 2.55 bits per heavy atom. The van der Waals surface area contributed by atoms with Crippen molar-refractivity contribution in [2.45, 2.75) is 57.2 Å². The van der Waals surface area contributed by atoms with E-state index in [0.29, 0.717) is 12.1 Å². The van der Waals surface area contributed by atoms with Crippen LogP contribution in [0.2, 0.25) is 0 Å². The molecule has 2 fully saturated rings. The van der Waals surface area contributed by atoms with E-state index in [1.165, 1.54) is 12.8 Å². The third-order valence-electron chi connectivity index (χ3n) is 7.01. The number of fused-ring (bicyclic) bond motifs is 1. The zero-order valence-corrected chi connectivity index (χ0v) is 19.5. The first kappa shape index (κ1) is 22.2. The Kier molecular flexibility index (Phi) is 6.27. The quantitative estimate of drug-likeness (QED) is 0.612. The van der Waals surface area contributed by atoms with E-state index in [2.05, 4.69) is 37.3 Å². The van der Waals surface area contributed by atoms with Crippen molar-refractivity contribution in [2.24, 2.45) is 0 Å². The molecule has 0 spiro atoms. The second kappa shape index (κ2) is 9.33. The van der Waals surface area contributed by atoms with Crippen LogP contribution in [-0.2, 0) is 10.3 Å². The van der Waals surface area contributed by atoms with Crippen LogP contribution in [0.5, 0.6) is 0 Å². The largest absolute Gasteiger partial charge is 0.386 e. The van der Waals surface area contributed by atoms with Crippen LogP contribution < -0.4 is 5.32 Å². The molecular weight excluding hydrogens is 414 g/mol. The highest BCUT2D eigenvalue weighted by atomic mass is 16.5. The van der Waals surface area contributed by atoms with Gasteiger partial charge in [0.05, 0.1) is 24.3 Å². The molecule has 0 unspecified atom stereocenters. The van der Waals surface area contributed by atoms with Gasteiger partial charge in [-0.15, -0.1) is 0 Å². The molecule has 0 atom stereocenters. The molecule has 1 saturated carbocycles. The van der Waals surface area contributed by atoms with Gasteiger partial charge in [-0.3, -0.25) is 9.88 Å². The number of hydrogen-bond donors (Lipinski definition) is 2. The highest BCUT2D eigenvalue weighted by molar-refractivity contribution is 5.92. The predicted octanol–water partition coefficient (Wildman–Crippen LogP) is 3.97. The smallest absolute Gasteiger partial charge is 0.137 e. The first-order valence-corrected chi connectivity index (χ1v) is 12.0. The first-order valence-electron chi connectivity index (χ1n) is 12.0. The molecule has 1 saturated heterocycles. The molecule has 174 valence electrons. The third-order valence-corrected chi connectivity index (χ3v) is 7.01. The number of anilines is 1. The van der Waals surface area contributed by atoms with Crippen LogP contribution in [0.3, 0.4) is 0 Å². The molecule has 0 radical (unpaired) electrons. The van der Waals surface area contributed by atoms with Crippen molar-refractivity contribution in [2.75, 3.05) is 31.6 Å². The Balaban J connectivity index is 1.34. The van der Waals surface area contributed by atoms with Gasteiger partial charge < -0.3 is 15.2 Å². The Hall–Kier alpha value is -2.61. The van der Waals surface area contributed by atoms with E-state index < -0.39 is 5.60 Å². The molecule has 7 nitrogen and oxygen atoms in total. The predicted molar refractivity (Wildman–Crippen MR) is 130 cm³/mol. The summed E-state index contributed by atoms with van der Waals surface area (Å²) in [4.78, 5) is 16.0. The van der Waals surface area contributed by atoms with Crippen LogP contribution in [0.15, 0.2) is 43.0 Å². The van der Waals surface area contributed by atoms with Gasteiger partial charge in [0.2, 0.25) is 0 Å². The van der Waals surface area contributed by atoms with Crippen LogP contribution in [0.4, 0.5) is 5.82 Å². The third kappa shape index (κ3) is 5.00. The normalized spacial score (nSPS) is 22.4. The number of rotatable bonds is 5. The number of morpholine rings is 1. The number of aromatic nitrogens is 3. The fraction of sp³-hybridized carbons (Fsp3) is 0.500. The summed E-state index contributed by atoms with van der Waals surface area (Å²) in [6, 6.07) is 9.31. The van der Waals surface area contributed by atoms with E-state index in [-0.39, 0.29) is 0 Å². The highest BCUT2D eigenvalue weighted by Gasteiger charge is 2.27. The van der Waals surface area contributed by atoms with Crippen molar-refractivity contribution in [1.29, 1.82) is 0 Å². The monoisotopic (exact) mass is 447 g/mol. The minimum Gasteiger partial charge on any atom is -0.386 e.